The van der Waals surface area contributed by atoms with Gasteiger partial charge in [-0.05, 0) is 43.2 Å². The van der Waals surface area contributed by atoms with Crippen LogP contribution in [0.1, 0.15) is 31.8 Å². The summed E-state index contributed by atoms with van der Waals surface area (Å²) in [7, 11) is 0. The van der Waals surface area contributed by atoms with Crippen molar-refractivity contribution in [2.75, 3.05) is 0 Å². The van der Waals surface area contributed by atoms with Crippen molar-refractivity contribution in [2.24, 2.45) is 0 Å². The number of carboxylic acid groups (broad SMARTS) is 1. The number of phenols is 1. The number of aromatic hydroxyl groups is 1. The summed E-state index contributed by atoms with van der Waals surface area (Å²) in [6.45, 7) is 3.42. The summed E-state index contributed by atoms with van der Waals surface area (Å²) in [4.78, 5) is 23.3. The molecule has 2 rings (SSSR count). The van der Waals surface area contributed by atoms with E-state index in [1.165, 1.54) is 18.2 Å². The van der Waals surface area contributed by atoms with E-state index in [9.17, 15) is 14.7 Å². The number of ether oxygens (including phenoxy) is 1. The SMILES string of the molecule is Cc1ccc(C(=O)Oc2c(C)cccc2C(=O)O)c(O)c1. The maximum atomic E-state index is 12.1. The molecule has 21 heavy (non-hydrogen) atoms. The number of hydrogen-bond donors (Lipinski definition) is 2. The van der Waals surface area contributed by atoms with E-state index in [4.69, 9.17) is 9.84 Å². The maximum absolute atomic E-state index is 12.1. The van der Waals surface area contributed by atoms with Crippen LogP contribution in [0.3, 0.4) is 0 Å². The number of carboxylic acids is 1. The fourth-order valence-corrected chi connectivity index (χ4v) is 1.92. The molecule has 0 saturated carbocycles. The molecule has 2 aromatic rings. The number of hydrogen-bond acceptors (Lipinski definition) is 4. The molecule has 0 spiro atoms. The fraction of sp³-hybridized carbons (Fsp3) is 0.125. The summed E-state index contributed by atoms with van der Waals surface area (Å²) in [6.07, 6.45) is 0. The third-order valence-corrected chi connectivity index (χ3v) is 3.01. The van der Waals surface area contributed by atoms with Gasteiger partial charge in [-0.15, -0.1) is 0 Å². The molecule has 2 aromatic carbocycles. The minimum atomic E-state index is -1.19. The van der Waals surface area contributed by atoms with Crippen molar-refractivity contribution in [1.82, 2.24) is 0 Å². The Hall–Kier alpha value is -2.82. The van der Waals surface area contributed by atoms with Crippen molar-refractivity contribution in [2.45, 2.75) is 13.8 Å². The number of aryl methyl sites for hydroxylation is 2. The highest BCUT2D eigenvalue weighted by atomic mass is 16.5. The topological polar surface area (TPSA) is 83.8 Å². The monoisotopic (exact) mass is 286 g/mol. The van der Waals surface area contributed by atoms with Crippen LogP contribution in [0.5, 0.6) is 11.5 Å². The maximum Gasteiger partial charge on any atom is 0.347 e. The average molecular weight is 286 g/mol. The first-order valence-electron chi connectivity index (χ1n) is 6.25. The number of aromatic carboxylic acids is 1. The van der Waals surface area contributed by atoms with Crippen LogP contribution in [0.4, 0.5) is 0 Å². The summed E-state index contributed by atoms with van der Waals surface area (Å²) < 4.78 is 5.16. The Labute approximate surface area is 121 Å². The van der Waals surface area contributed by atoms with Crippen molar-refractivity contribution in [3.8, 4) is 11.5 Å². The van der Waals surface area contributed by atoms with Crippen molar-refractivity contribution >= 4 is 11.9 Å². The average Bonchev–Trinajstić information content (AvgIpc) is 2.40. The highest BCUT2D eigenvalue weighted by Crippen LogP contribution is 2.26. The van der Waals surface area contributed by atoms with Gasteiger partial charge in [0, 0.05) is 0 Å². The number of phenolic OH excluding ortho intramolecular Hbond substituents is 1. The van der Waals surface area contributed by atoms with Gasteiger partial charge < -0.3 is 14.9 Å². The van der Waals surface area contributed by atoms with Gasteiger partial charge in [0.25, 0.3) is 0 Å². The predicted molar refractivity (Wildman–Crippen MR) is 75.9 cm³/mol. The van der Waals surface area contributed by atoms with Crippen LogP contribution in [0.25, 0.3) is 0 Å². The quantitative estimate of drug-likeness (QED) is 0.669. The van der Waals surface area contributed by atoms with Gasteiger partial charge in [-0.1, -0.05) is 18.2 Å². The zero-order valence-corrected chi connectivity index (χ0v) is 11.6. The molecular formula is C16H14O5. The standard InChI is InChI=1S/C16H14O5/c1-9-6-7-11(13(17)8-9)16(20)21-14-10(2)4-3-5-12(14)15(18)19/h3-8,17H,1-2H3,(H,18,19). The number of benzene rings is 2. The third kappa shape index (κ3) is 3.02. The molecule has 0 aliphatic heterocycles. The lowest BCUT2D eigenvalue weighted by Gasteiger charge is -2.11. The molecule has 0 heterocycles. The lowest BCUT2D eigenvalue weighted by molar-refractivity contribution is 0.0680. The molecule has 5 heteroatoms. The molecule has 0 amide bonds. The van der Waals surface area contributed by atoms with E-state index in [2.05, 4.69) is 0 Å². The lowest BCUT2D eigenvalue weighted by atomic mass is 10.1. The Balaban J connectivity index is 2.38. The van der Waals surface area contributed by atoms with Crippen LogP contribution in [-0.2, 0) is 0 Å². The molecule has 0 aliphatic carbocycles. The molecule has 0 bridgehead atoms. The normalized spacial score (nSPS) is 10.2. The third-order valence-electron chi connectivity index (χ3n) is 3.01. The van der Waals surface area contributed by atoms with Gasteiger partial charge in [-0.25, -0.2) is 9.59 Å². The van der Waals surface area contributed by atoms with Crippen molar-refractivity contribution in [1.29, 1.82) is 0 Å². The molecule has 2 N–H and O–H groups in total. The van der Waals surface area contributed by atoms with Gasteiger partial charge in [-0.2, -0.15) is 0 Å². The van der Waals surface area contributed by atoms with E-state index in [0.717, 1.165) is 5.56 Å². The van der Waals surface area contributed by atoms with Gasteiger partial charge in [-0.3, -0.25) is 0 Å². The molecule has 0 unspecified atom stereocenters. The lowest BCUT2D eigenvalue weighted by Crippen LogP contribution is -2.13. The molecule has 0 aliphatic rings. The van der Waals surface area contributed by atoms with Gasteiger partial charge >= 0.3 is 11.9 Å². The van der Waals surface area contributed by atoms with Crippen LogP contribution < -0.4 is 4.74 Å². The Kier molecular flexibility index (Phi) is 3.93. The van der Waals surface area contributed by atoms with E-state index in [1.807, 2.05) is 0 Å². The second-order valence-corrected chi connectivity index (χ2v) is 4.67. The summed E-state index contributed by atoms with van der Waals surface area (Å²) >= 11 is 0. The second-order valence-electron chi connectivity index (χ2n) is 4.67. The van der Waals surface area contributed by atoms with E-state index in [1.54, 1.807) is 32.0 Å². The van der Waals surface area contributed by atoms with Gasteiger partial charge in [0.05, 0.1) is 0 Å². The van der Waals surface area contributed by atoms with Gasteiger partial charge in [0.2, 0.25) is 0 Å². The largest absolute Gasteiger partial charge is 0.507 e. The molecule has 0 saturated heterocycles. The highest BCUT2D eigenvalue weighted by Gasteiger charge is 2.19. The van der Waals surface area contributed by atoms with Crippen LogP contribution in [0.2, 0.25) is 0 Å². The first-order chi connectivity index (χ1) is 9.90. The number of esters is 1. The van der Waals surface area contributed by atoms with Gasteiger partial charge in [0.15, 0.2) is 0 Å². The molecule has 0 aromatic heterocycles. The summed E-state index contributed by atoms with van der Waals surface area (Å²) in [5, 5.41) is 18.9. The van der Waals surface area contributed by atoms with E-state index in [0.29, 0.717) is 5.56 Å². The van der Waals surface area contributed by atoms with E-state index in [-0.39, 0.29) is 22.6 Å². The first-order valence-corrected chi connectivity index (χ1v) is 6.25. The van der Waals surface area contributed by atoms with Crippen LogP contribution in [0, 0.1) is 13.8 Å². The van der Waals surface area contributed by atoms with Crippen molar-refractivity contribution in [3.05, 3.63) is 58.7 Å². The first kappa shape index (κ1) is 14.6. The summed E-state index contributed by atoms with van der Waals surface area (Å²) in [6, 6.07) is 9.10. The highest BCUT2D eigenvalue weighted by molar-refractivity contribution is 5.97. The Morgan fingerprint density at radius 2 is 1.76 bits per heavy atom. The zero-order chi connectivity index (χ0) is 15.6. The van der Waals surface area contributed by atoms with Crippen LogP contribution in [0.15, 0.2) is 36.4 Å². The van der Waals surface area contributed by atoms with Gasteiger partial charge in [0.1, 0.15) is 22.6 Å². The Bertz CT molecular complexity index is 719. The number of rotatable bonds is 3. The molecule has 0 fully saturated rings. The molecule has 0 atom stereocenters. The Morgan fingerprint density at radius 3 is 2.38 bits per heavy atom. The Morgan fingerprint density at radius 1 is 1.05 bits per heavy atom. The van der Waals surface area contributed by atoms with Crippen LogP contribution >= 0.6 is 0 Å². The fourth-order valence-electron chi connectivity index (χ4n) is 1.92. The number of carbonyl (C=O) groups excluding carboxylic acids is 1. The molecule has 5 nitrogen and oxygen atoms in total. The van der Waals surface area contributed by atoms with E-state index >= 15 is 0 Å². The molecule has 108 valence electrons. The minimum Gasteiger partial charge on any atom is -0.507 e. The smallest absolute Gasteiger partial charge is 0.347 e. The second kappa shape index (κ2) is 5.66. The minimum absolute atomic E-state index is 0.0137. The van der Waals surface area contributed by atoms with Crippen molar-refractivity contribution < 1.29 is 24.5 Å². The number of carbonyl (C=O) groups is 2. The zero-order valence-electron chi connectivity index (χ0n) is 11.6. The van der Waals surface area contributed by atoms with Crippen LogP contribution in [-0.4, -0.2) is 22.2 Å². The predicted octanol–water partition coefficient (Wildman–Crippen LogP) is 2.93. The summed E-state index contributed by atoms with van der Waals surface area (Å²) in [5.74, 6) is -2.21. The molecule has 0 radical (unpaired) electrons. The van der Waals surface area contributed by atoms with Crippen molar-refractivity contribution in [3.63, 3.8) is 0 Å². The molecular weight excluding hydrogens is 272 g/mol. The van der Waals surface area contributed by atoms with E-state index < -0.39 is 11.9 Å². The summed E-state index contributed by atoms with van der Waals surface area (Å²) in [5.41, 5.74) is 1.20. The number of para-hydroxylation sites is 1.